The van der Waals surface area contributed by atoms with Gasteiger partial charge in [0, 0.05) is 12.8 Å². The van der Waals surface area contributed by atoms with E-state index in [0.29, 0.717) is 5.78 Å². The lowest BCUT2D eigenvalue weighted by atomic mass is 9.98. The van der Waals surface area contributed by atoms with E-state index in [1.54, 1.807) is 0 Å². The minimum atomic E-state index is 0.514. The number of ketones is 1. The van der Waals surface area contributed by atoms with Crippen LogP contribution >= 0.6 is 0 Å². The van der Waals surface area contributed by atoms with Crippen LogP contribution in [-0.2, 0) is 4.79 Å². The van der Waals surface area contributed by atoms with Gasteiger partial charge in [-0.2, -0.15) is 0 Å². The Bertz CT molecular complexity index is 401. The average Bonchev–Trinajstić information content (AvgIpc) is 2.85. The van der Waals surface area contributed by atoms with Crippen molar-refractivity contribution in [2.24, 2.45) is 5.92 Å². The van der Waals surface area contributed by atoms with Gasteiger partial charge in [-0.15, -0.1) is 0 Å². The maximum Gasteiger partial charge on any atom is 0.132 e. The van der Waals surface area contributed by atoms with Gasteiger partial charge in [-0.25, -0.2) is 0 Å². The molecule has 0 aliphatic rings. The fraction of sp³-hybridized carbons (Fsp3) is 0.971. The molecule has 1 atom stereocenters. The van der Waals surface area contributed by atoms with Crippen LogP contribution in [0, 0.1) is 5.92 Å². The maximum absolute atomic E-state index is 11.9. The summed E-state index contributed by atoms with van der Waals surface area (Å²) < 4.78 is 0. The monoisotopic (exact) mass is 493 g/mol. The molecule has 35 heavy (non-hydrogen) atoms. The molecular weight excluding hydrogens is 424 g/mol. The standard InChI is InChI=1S/C34H68O/c1-4-6-7-23-27-31-34(35)32-28-25-22-20-18-16-14-12-10-8-9-11-13-15-17-19-21-24-26-30-33(3)29-5-2/h33H,4-32H2,1-3H3/t33-/m0/s1. The molecule has 0 amide bonds. The highest BCUT2D eigenvalue weighted by Crippen LogP contribution is 2.17. The quantitative estimate of drug-likeness (QED) is 0.0911. The fourth-order valence-corrected chi connectivity index (χ4v) is 5.51. The van der Waals surface area contributed by atoms with Crippen molar-refractivity contribution < 1.29 is 4.79 Å². The molecule has 0 aromatic rings. The molecular formula is C34H68O. The third kappa shape index (κ3) is 29.8. The molecule has 210 valence electrons. The van der Waals surface area contributed by atoms with Crippen LogP contribution in [0.15, 0.2) is 0 Å². The third-order valence-electron chi connectivity index (χ3n) is 7.99. The summed E-state index contributed by atoms with van der Waals surface area (Å²) in [7, 11) is 0. The summed E-state index contributed by atoms with van der Waals surface area (Å²) in [6.07, 6.45) is 39.2. The lowest BCUT2D eigenvalue weighted by Gasteiger charge is -2.09. The molecule has 0 spiro atoms. The first-order chi connectivity index (χ1) is 17.2. The Kier molecular flexibility index (Phi) is 29.6. The van der Waals surface area contributed by atoms with Gasteiger partial charge in [0.05, 0.1) is 0 Å². The normalized spacial score (nSPS) is 12.3. The van der Waals surface area contributed by atoms with Gasteiger partial charge in [-0.05, 0) is 18.8 Å². The second-order valence-electron chi connectivity index (χ2n) is 11.9. The number of rotatable bonds is 30. The van der Waals surface area contributed by atoms with Crippen molar-refractivity contribution in [1.29, 1.82) is 0 Å². The van der Waals surface area contributed by atoms with E-state index >= 15 is 0 Å². The zero-order chi connectivity index (χ0) is 25.7. The number of Topliss-reactive ketones (excluding diaryl/α,β-unsaturated/α-hetero) is 1. The minimum absolute atomic E-state index is 0.514. The van der Waals surface area contributed by atoms with Crippen LogP contribution in [0.25, 0.3) is 0 Å². The average molecular weight is 493 g/mol. The Morgan fingerprint density at radius 1 is 0.400 bits per heavy atom. The molecule has 0 saturated heterocycles. The van der Waals surface area contributed by atoms with Gasteiger partial charge in [0.1, 0.15) is 5.78 Å². The van der Waals surface area contributed by atoms with Gasteiger partial charge in [0.25, 0.3) is 0 Å². The van der Waals surface area contributed by atoms with Crippen molar-refractivity contribution in [2.75, 3.05) is 0 Å². The van der Waals surface area contributed by atoms with Crippen LogP contribution in [0.3, 0.4) is 0 Å². The highest BCUT2D eigenvalue weighted by molar-refractivity contribution is 5.78. The smallest absolute Gasteiger partial charge is 0.132 e. The summed E-state index contributed by atoms with van der Waals surface area (Å²) >= 11 is 0. The van der Waals surface area contributed by atoms with Crippen LogP contribution in [0.5, 0.6) is 0 Å². The number of carbonyl (C=O) groups excluding carboxylic acids is 1. The predicted octanol–water partition coefficient (Wildman–Crippen LogP) is 12.5. The molecule has 0 unspecified atom stereocenters. The van der Waals surface area contributed by atoms with Gasteiger partial charge < -0.3 is 0 Å². The van der Waals surface area contributed by atoms with E-state index in [2.05, 4.69) is 20.8 Å². The van der Waals surface area contributed by atoms with Gasteiger partial charge in [0.2, 0.25) is 0 Å². The van der Waals surface area contributed by atoms with Crippen LogP contribution in [0.2, 0.25) is 0 Å². The second-order valence-corrected chi connectivity index (χ2v) is 11.9. The first-order valence-electron chi connectivity index (χ1n) is 16.7. The summed E-state index contributed by atoms with van der Waals surface area (Å²) in [6, 6.07) is 0. The van der Waals surface area contributed by atoms with Crippen LogP contribution in [0.4, 0.5) is 0 Å². The fourth-order valence-electron chi connectivity index (χ4n) is 5.51. The first-order valence-corrected chi connectivity index (χ1v) is 16.7. The highest BCUT2D eigenvalue weighted by Gasteiger charge is 2.02. The van der Waals surface area contributed by atoms with Crippen LogP contribution < -0.4 is 0 Å². The highest BCUT2D eigenvalue weighted by atomic mass is 16.1. The molecule has 0 radical (unpaired) electrons. The van der Waals surface area contributed by atoms with Gasteiger partial charge in [0.15, 0.2) is 0 Å². The number of hydrogen-bond acceptors (Lipinski definition) is 1. The Labute approximate surface area is 223 Å². The summed E-state index contributed by atoms with van der Waals surface area (Å²) in [5.74, 6) is 1.47. The van der Waals surface area contributed by atoms with Gasteiger partial charge >= 0.3 is 0 Å². The van der Waals surface area contributed by atoms with E-state index in [4.69, 9.17) is 0 Å². The molecule has 0 saturated carbocycles. The summed E-state index contributed by atoms with van der Waals surface area (Å²) in [4.78, 5) is 11.9. The molecule has 0 heterocycles. The van der Waals surface area contributed by atoms with Gasteiger partial charge in [-0.3, -0.25) is 4.79 Å². The van der Waals surface area contributed by atoms with Crippen molar-refractivity contribution in [2.45, 2.75) is 207 Å². The van der Waals surface area contributed by atoms with E-state index in [0.717, 1.165) is 31.6 Å². The first kappa shape index (κ1) is 34.7. The van der Waals surface area contributed by atoms with Crippen molar-refractivity contribution in [3.05, 3.63) is 0 Å². The van der Waals surface area contributed by atoms with Gasteiger partial charge in [-0.1, -0.05) is 181 Å². The van der Waals surface area contributed by atoms with Crippen LogP contribution in [-0.4, -0.2) is 5.78 Å². The summed E-state index contributed by atoms with van der Waals surface area (Å²) in [6.45, 7) is 6.98. The number of carbonyl (C=O) groups is 1. The largest absolute Gasteiger partial charge is 0.300 e. The summed E-state index contributed by atoms with van der Waals surface area (Å²) in [5.41, 5.74) is 0. The zero-order valence-electron chi connectivity index (χ0n) is 25.0. The molecule has 0 fully saturated rings. The third-order valence-corrected chi connectivity index (χ3v) is 7.99. The van der Waals surface area contributed by atoms with E-state index in [9.17, 15) is 4.79 Å². The molecule has 0 aromatic heterocycles. The number of unbranched alkanes of at least 4 members (excludes halogenated alkanes) is 22. The molecule has 0 bridgehead atoms. The molecule has 0 aromatic carbocycles. The lowest BCUT2D eigenvalue weighted by molar-refractivity contribution is -0.119. The minimum Gasteiger partial charge on any atom is -0.300 e. The topological polar surface area (TPSA) is 17.1 Å². The molecule has 1 heteroatoms. The summed E-state index contributed by atoms with van der Waals surface area (Å²) in [5, 5.41) is 0. The SMILES string of the molecule is CCCCCCCC(=O)CCCCCCCCCCCCCCCCCCCCC[C@@H](C)CCC. The van der Waals surface area contributed by atoms with Crippen molar-refractivity contribution in [1.82, 2.24) is 0 Å². The van der Waals surface area contributed by atoms with Crippen molar-refractivity contribution >= 4 is 5.78 Å². The Hall–Kier alpha value is -0.330. The van der Waals surface area contributed by atoms with Crippen LogP contribution in [0.1, 0.15) is 207 Å². The molecule has 0 aliphatic heterocycles. The second kappa shape index (κ2) is 29.9. The predicted molar refractivity (Wildman–Crippen MR) is 159 cm³/mol. The maximum atomic E-state index is 11.9. The molecule has 0 rings (SSSR count). The zero-order valence-corrected chi connectivity index (χ0v) is 25.0. The van der Waals surface area contributed by atoms with Crippen molar-refractivity contribution in [3.63, 3.8) is 0 Å². The molecule has 0 N–H and O–H groups in total. The van der Waals surface area contributed by atoms with Crippen molar-refractivity contribution in [3.8, 4) is 0 Å². The number of hydrogen-bond donors (Lipinski definition) is 0. The Balaban J connectivity index is 3.11. The Morgan fingerprint density at radius 2 is 0.714 bits per heavy atom. The van der Waals surface area contributed by atoms with E-state index in [1.165, 1.54) is 161 Å². The molecule has 0 aliphatic carbocycles. The lowest BCUT2D eigenvalue weighted by Crippen LogP contribution is -1.97. The van der Waals surface area contributed by atoms with E-state index in [-0.39, 0.29) is 0 Å². The molecule has 1 nitrogen and oxygen atoms in total. The van der Waals surface area contributed by atoms with E-state index < -0.39 is 0 Å². The Morgan fingerprint density at radius 3 is 1.06 bits per heavy atom. The van der Waals surface area contributed by atoms with E-state index in [1.807, 2.05) is 0 Å².